The number of carbonyl (C=O) groups excluding carboxylic acids is 2. The van der Waals surface area contributed by atoms with Gasteiger partial charge in [0.1, 0.15) is 5.60 Å². The molecule has 0 aromatic rings. The fourth-order valence-electron chi connectivity index (χ4n) is 1.81. The maximum atomic E-state index is 11.9. The largest absolute Gasteiger partial charge is 0.460 e. The molecule has 104 valence electrons. The molecule has 1 aliphatic rings. The Balaban J connectivity index is 2.29. The Morgan fingerprint density at radius 1 is 1.33 bits per heavy atom. The molecule has 5 nitrogen and oxygen atoms in total. The molecule has 0 spiro atoms. The number of carbonyl (C=O) groups is 2. The van der Waals surface area contributed by atoms with Gasteiger partial charge in [0, 0.05) is 20.1 Å². The van der Waals surface area contributed by atoms with Crippen molar-refractivity contribution >= 4 is 11.9 Å². The summed E-state index contributed by atoms with van der Waals surface area (Å²) in [5.41, 5.74) is -0.495. The third-order valence-electron chi connectivity index (χ3n) is 2.81. The SMILES string of the molecule is CN(C(=O)CCC(=O)OC(C)(C)C)C1CCOC1. The van der Waals surface area contributed by atoms with E-state index in [-0.39, 0.29) is 30.8 Å². The molecule has 1 atom stereocenters. The van der Waals surface area contributed by atoms with E-state index >= 15 is 0 Å². The lowest BCUT2D eigenvalue weighted by Gasteiger charge is -2.23. The van der Waals surface area contributed by atoms with Crippen molar-refractivity contribution in [2.24, 2.45) is 0 Å². The van der Waals surface area contributed by atoms with Crippen molar-refractivity contribution in [3.05, 3.63) is 0 Å². The second-order valence-electron chi connectivity index (χ2n) is 5.61. The molecule has 1 unspecified atom stereocenters. The van der Waals surface area contributed by atoms with Crippen molar-refractivity contribution < 1.29 is 19.1 Å². The van der Waals surface area contributed by atoms with E-state index in [1.165, 1.54) is 0 Å². The summed E-state index contributed by atoms with van der Waals surface area (Å²) in [6, 6.07) is 0.149. The third kappa shape index (κ3) is 5.04. The Morgan fingerprint density at radius 2 is 2.00 bits per heavy atom. The van der Waals surface area contributed by atoms with Crippen LogP contribution in [0.5, 0.6) is 0 Å². The summed E-state index contributed by atoms with van der Waals surface area (Å²) in [5, 5.41) is 0. The predicted octanol–water partition coefficient (Wildman–Crippen LogP) is 1.36. The van der Waals surface area contributed by atoms with Crippen LogP contribution in [-0.2, 0) is 19.1 Å². The standard InChI is InChI=1S/C13H23NO4/c1-13(2,3)18-12(16)6-5-11(15)14(4)10-7-8-17-9-10/h10H,5-9H2,1-4H3. The summed E-state index contributed by atoms with van der Waals surface area (Å²) in [5.74, 6) is -0.358. The van der Waals surface area contributed by atoms with Crippen LogP contribution in [0.3, 0.4) is 0 Å². The van der Waals surface area contributed by atoms with Crippen LogP contribution in [-0.4, -0.2) is 48.7 Å². The van der Waals surface area contributed by atoms with Gasteiger partial charge in [0.05, 0.1) is 19.1 Å². The van der Waals surface area contributed by atoms with E-state index < -0.39 is 5.60 Å². The molecule has 0 aromatic heterocycles. The molecule has 1 saturated heterocycles. The topological polar surface area (TPSA) is 55.8 Å². The first-order chi connectivity index (χ1) is 8.29. The van der Waals surface area contributed by atoms with Gasteiger partial charge in [-0.1, -0.05) is 0 Å². The van der Waals surface area contributed by atoms with Crippen LogP contribution in [0.4, 0.5) is 0 Å². The molecule has 0 saturated carbocycles. The Labute approximate surface area is 108 Å². The minimum Gasteiger partial charge on any atom is -0.460 e. The highest BCUT2D eigenvalue weighted by atomic mass is 16.6. The minimum atomic E-state index is -0.495. The first-order valence-corrected chi connectivity index (χ1v) is 6.35. The van der Waals surface area contributed by atoms with E-state index in [1.54, 1.807) is 11.9 Å². The Hall–Kier alpha value is -1.10. The lowest BCUT2D eigenvalue weighted by molar-refractivity contribution is -0.156. The van der Waals surface area contributed by atoms with Gasteiger partial charge < -0.3 is 14.4 Å². The first kappa shape index (κ1) is 15.0. The molecule has 0 radical (unpaired) electrons. The highest BCUT2D eigenvalue weighted by Gasteiger charge is 2.25. The first-order valence-electron chi connectivity index (χ1n) is 6.35. The molecule has 1 amide bonds. The number of hydrogen-bond acceptors (Lipinski definition) is 4. The zero-order chi connectivity index (χ0) is 13.8. The number of hydrogen-bond donors (Lipinski definition) is 0. The van der Waals surface area contributed by atoms with Gasteiger partial charge in [-0.3, -0.25) is 9.59 Å². The quantitative estimate of drug-likeness (QED) is 0.713. The van der Waals surface area contributed by atoms with Crippen LogP contribution in [0.25, 0.3) is 0 Å². The highest BCUT2D eigenvalue weighted by molar-refractivity contribution is 5.81. The molecular formula is C13H23NO4. The molecule has 1 heterocycles. The van der Waals surface area contributed by atoms with Crippen LogP contribution in [0, 0.1) is 0 Å². The second kappa shape index (κ2) is 6.18. The lowest BCUT2D eigenvalue weighted by atomic mass is 10.2. The van der Waals surface area contributed by atoms with E-state index in [1.807, 2.05) is 20.8 Å². The van der Waals surface area contributed by atoms with E-state index in [4.69, 9.17) is 9.47 Å². The van der Waals surface area contributed by atoms with Crippen LogP contribution in [0.2, 0.25) is 0 Å². The van der Waals surface area contributed by atoms with Crippen molar-refractivity contribution in [2.75, 3.05) is 20.3 Å². The van der Waals surface area contributed by atoms with E-state index in [0.29, 0.717) is 13.2 Å². The van der Waals surface area contributed by atoms with Gasteiger partial charge in [0.15, 0.2) is 0 Å². The van der Waals surface area contributed by atoms with Crippen LogP contribution in [0.1, 0.15) is 40.0 Å². The number of nitrogens with zero attached hydrogens (tertiary/aromatic N) is 1. The van der Waals surface area contributed by atoms with Gasteiger partial charge in [0.25, 0.3) is 0 Å². The van der Waals surface area contributed by atoms with Gasteiger partial charge in [-0.05, 0) is 27.2 Å². The summed E-state index contributed by atoms with van der Waals surface area (Å²) < 4.78 is 10.4. The van der Waals surface area contributed by atoms with Crippen molar-refractivity contribution in [2.45, 2.75) is 51.7 Å². The van der Waals surface area contributed by atoms with Gasteiger partial charge in [0.2, 0.25) is 5.91 Å². The molecule has 1 fully saturated rings. The Morgan fingerprint density at radius 3 is 2.50 bits per heavy atom. The molecule has 1 rings (SSSR count). The fraction of sp³-hybridized carbons (Fsp3) is 0.846. The predicted molar refractivity (Wildman–Crippen MR) is 67.1 cm³/mol. The summed E-state index contributed by atoms with van der Waals surface area (Å²) in [6.07, 6.45) is 1.20. The summed E-state index contributed by atoms with van der Waals surface area (Å²) in [6.45, 7) is 6.74. The molecular weight excluding hydrogens is 234 g/mol. The zero-order valence-electron chi connectivity index (χ0n) is 11.7. The van der Waals surface area contributed by atoms with E-state index in [9.17, 15) is 9.59 Å². The Kier molecular flexibility index (Phi) is 5.14. The molecule has 1 aliphatic heterocycles. The molecule has 0 aromatic carbocycles. The minimum absolute atomic E-state index is 0.0311. The van der Waals surface area contributed by atoms with Crippen LogP contribution < -0.4 is 0 Å². The number of rotatable bonds is 4. The van der Waals surface area contributed by atoms with E-state index in [2.05, 4.69) is 0 Å². The van der Waals surface area contributed by atoms with Gasteiger partial charge in [-0.15, -0.1) is 0 Å². The van der Waals surface area contributed by atoms with Crippen LogP contribution >= 0.6 is 0 Å². The van der Waals surface area contributed by atoms with Crippen molar-refractivity contribution in [3.63, 3.8) is 0 Å². The number of esters is 1. The summed E-state index contributed by atoms with van der Waals surface area (Å²) in [7, 11) is 1.76. The van der Waals surface area contributed by atoms with Crippen molar-refractivity contribution in [1.29, 1.82) is 0 Å². The molecule has 0 bridgehead atoms. The summed E-state index contributed by atoms with van der Waals surface area (Å²) >= 11 is 0. The monoisotopic (exact) mass is 257 g/mol. The number of amides is 1. The number of ether oxygens (including phenoxy) is 2. The molecule has 18 heavy (non-hydrogen) atoms. The lowest BCUT2D eigenvalue weighted by Crippen LogP contribution is -2.37. The molecule has 0 aliphatic carbocycles. The average Bonchev–Trinajstić information content (AvgIpc) is 2.75. The third-order valence-corrected chi connectivity index (χ3v) is 2.81. The molecule has 5 heteroatoms. The molecule has 0 N–H and O–H groups in total. The van der Waals surface area contributed by atoms with Crippen molar-refractivity contribution in [3.8, 4) is 0 Å². The number of likely N-dealkylation sites (N-methyl/N-ethyl adjacent to an activating group) is 1. The van der Waals surface area contributed by atoms with Gasteiger partial charge >= 0.3 is 5.97 Å². The fourth-order valence-corrected chi connectivity index (χ4v) is 1.81. The highest BCUT2D eigenvalue weighted by Crippen LogP contribution is 2.13. The smallest absolute Gasteiger partial charge is 0.306 e. The van der Waals surface area contributed by atoms with Gasteiger partial charge in [-0.2, -0.15) is 0 Å². The van der Waals surface area contributed by atoms with Gasteiger partial charge in [-0.25, -0.2) is 0 Å². The van der Waals surface area contributed by atoms with E-state index in [0.717, 1.165) is 6.42 Å². The normalized spacial score (nSPS) is 19.7. The second-order valence-corrected chi connectivity index (χ2v) is 5.61. The maximum absolute atomic E-state index is 11.9. The zero-order valence-corrected chi connectivity index (χ0v) is 11.7. The van der Waals surface area contributed by atoms with Crippen molar-refractivity contribution in [1.82, 2.24) is 4.90 Å². The Bertz CT molecular complexity index is 303. The summed E-state index contributed by atoms with van der Waals surface area (Å²) in [4.78, 5) is 25.0. The average molecular weight is 257 g/mol. The maximum Gasteiger partial charge on any atom is 0.306 e. The van der Waals surface area contributed by atoms with Crippen LogP contribution in [0.15, 0.2) is 0 Å².